The van der Waals surface area contributed by atoms with Crippen molar-refractivity contribution in [3.63, 3.8) is 0 Å². The SMILES string of the molecule is C=COCC(O)COC(=O)COc1c2cc(CCCSCCCC(F)(F)CC(F)(F)CC(F)(F)F)cc1Cc1cc(CCCSCCC(F)(F)CC(F)(F)CC(C)(F)F)cc(c1OCC(=O)OCC(O)COC=C)Cc1cc(CCCSCCC(F)(F)CC(F)(F)CC(C)(F)F)cc(c1OCC(=O)OCC(O)COC=C)Cc1cc(CCCSCCCC(F)(F)CC(F)(F)CC(F)(F)F)cc(c1OCC(=O)OCC(O)COC=C)C2. The van der Waals surface area contributed by atoms with E-state index in [1.54, 1.807) is 36.4 Å². The van der Waals surface area contributed by atoms with E-state index < -0.39 is 326 Å². The summed E-state index contributed by atoms with van der Waals surface area (Å²) in [6.45, 7) is 5.06. The highest BCUT2D eigenvalue weighted by Crippen LogP contribution is 2.48. The zero-order chi connectivity index (χ0) is 112. The molecule has 0 amide bonds. The van der Waals surface area contributed by atoms with Crippen LogP contribution in [-0.4, -0.2) is 266 Å². The molecule has 150 heavy (non-hydrogen) atoms. The van der Waals surface area contributed by atoms with E-state index in [2.05, 4.69) is 26.3 Å². The van der Waals surface area contributed by atoms with Crippen LogP contribution < -0.4 is 18.9 Å². The van der Waals surface area contributed by atoms with Crippen LogP contribution in [0.25, 0.3) is 0 Å². The summed E-state index contributed by atoms with van der Waals surface area (Å²) in [6, 6.07) is 12.4. The molecule has 1 aliphatic rings. The molecule has 20 nitrogen and oxygen atoms in total. The summed E-state index contributed by atoms with van der Waals surface area (Å²) >= 11 is 3.79. The van der Waals surface area contributed by atoms with Gasteiger partial charge in [0, 0.05) is 51.4 Å². The molecule has 0 saturated heterocycles. The second-order valence-corrected chi connectivity index (χ2v) is 41.3. The first-order valence-electron chi connectivity index (χ1n) is 47.4. The summed E-state index contributed by atoms with van der Waals surface area (Å²) in [5.41, 5.74) is 1.79. The molecule has 0 saturated carbocycles. The molecule has 4 unspecified atom stereocenters. The van der Waals surface area contributed by atoms with Gasteiger partial charge in [-0.1, -0.05) is 74.8 Å². The quantitative estimate of drug-likeness (QED) is 0.00927. The van der Waals surface area contributed by atoms with Crippen LogP contribution in [0, 0.1) is 0 Å². The molecule has 0 spiro atoms. The molecule has 852 valence electrons. The monoisotopic (exact) mass is 2270 g/mol. The van der Waals surface area contributed by atoms with Crippen LogP contribution in [0.1, 0.15) is 196 Å². The fraction of sp³-hybridized carbons (Fsp3) is 0.640. The van der Waals surface area contributed by atoms with E-state index in [4.69, 9.17) is 56.8 Å². The summed E-state index contributed by atoms with van der Waals surface area (Å²) in [6.07, 6.45) is -40.1. The molecule has 0 heterocycles. The second-order valence-electron chi connectivity index (χ2n) is 36.4. The van der Waals surface area contributed by atoms with E-state index in [9.17, 15) is 119 Å². The molecule has 8 bridgehead atoms. The maximum absolute atomic E-state index is 15.3. The van der Waals surface area contributed by atoms with E-state index in [1.807, 2.05) is 0 Å². The molecule has 0 fully saturated rings. The topological polar surface area (TPSA) is 260 Å². The number of thioether (sulfide) groups is 4. The van der Waals surface area contributed by atoms with Crippen molar-refractivity contribution in [2.24, 2.45) is 0 Å². The molecule has 5 rings (SSSR count). The lowest BCUT2D eigenvalue weighted by atomic mass is 9.87. The highest BCUT2D eigenvalue weighted by atomic mass is 32.2. The first-order chi connectivity index (χ1) is 69.8. The number of alkyl halides is 26. The summed E-state index contributed by atoms with van der Waals surface area (Å²) in [5, 5.41) is 43.1. The number of aliphatic hydroxyl groups excluding tert-OH is 4. The first-order valence-corrected chi connectivity index (χ1v) is 52.0. The number of benzene rings is 4. The predicted octanol–water partition coefficient (Wildman–Crippen LogP) is 23.8. The maximum atomic E-state index is 15.3. The molecule has 4 N–H and O–H groups in total. The van der Waals surface area contributed by atoms with Gasteiger partial charge in [-0.05, 0) is 191 Å². The van der Waals surface area contributed by atoms with E-state index in [-0.39, 0.29) is 167 Å². The van der Waals surface area contributed by atoms with E-state index in [0.717, 1.165) is 72.1 Å². The Kier molecular flexibility index (Phi) is 54.8. The van der Waals surface area contributed by atoms with E-state index in [1.165, 1.54) is 12.1 Å². The molecular formula is C100H126F26O20S4. The summed E-state index contributed by atoms with van der Waals surface area (Å²) in [5.74, 6) is -50.3. The zero-order valence-electron chi connectivity index (χ0n) is 82.4. The minimum atomic E-state index is -5.49. The highest BCUT2D eigenvalue weighted by molar-refractivity contribution is 7.99. The fourth-order valence-electron chi connectivity index (χ4n) is 15.7. The molecule has 4 aromatic rings. The van der Waals surface area contributed by atoms with Crippen LogP contribution in [0.2, 0.25) is 0 Å². The first kappa shape index (κ1) is 132. The van der Waals surface area contributed by atoms with Gasteiger partial charge >= 0.3 is 36.2 Å². The number of ether oxygens (including phenoxy) is 12. The van der Waals surface area contributed by atoms with Crippen LogP contribution in [0.5, 0.6) is 23.0 Å². The Hall–Kier alpha value is -8.46. The molecule has 4 atom stereocenters. The normalized spacial score (nSPS) is 14.0. The lowest BCUT2D eigenvalue weighted by Gasteiger charge is -2.25. The number of hydrogen-bond acceptors (Lipinski definition) is 24. The number of rotatable bonds is 76. The van der Waals surface area contributed by atoms with Gasteiger partial charge in [0.05, 0.1) is 63.6 Å². The van der Waals surface area contributed by atoms with Crippen molar-refractivity contribution in [3.05, 3.63) is 167 Å². The van der Waals surface area contributed by atoms with Gasteiger partial charge in [-0.25, -0.2) is 107 Å². The van der Waals surface area contributed by atoms with Gasteiger partial charge < -0.3 is 77.3 Å². The number of aliphatic hydroxyl groups is 4. The number of halogens is 26. The Bertz CT molecular complexity index is 4540. The van der Waals surface area contributed by atoms with Crippen molar-refractivity contribution in [3.8, 4) is 23.0 Å². The minimum Gasteiger partial charge on any atom is -0.499 e. The van der Waals surface area contributed by atoms with Gasteiger partial charge in [0.15, 0.2) is 26.4 Å². The lowest BCUT2D eigenvalue weighted by Crippen LogP contribution is -2.34. The number of carbonyl (C=O) groups excluding carboxylic acids is 4. The Balaban J connectivity index is 2.00. The van der Waals surface area contributed by atoms with Gasteiger partial charge in [0.1, 0.15) is 113 Å². The third-order valence-electron chi connectivity index (χ3n) is 21.5. The number of aryl methyl sites for hydroxylation is 4. The molecule has 1 aliphatic carbocycles. The van der Waals surface area contributed by atoms with Gasteiger partial charge in [0.2, 0.25) is 0 Å². The van der Waals surface area contributed by atoms with Crippen molar-refractivity contribution in [2.45, 2.75) is 277 Å². The third kappa shape index (κ3) is 56.6. The Morgan fingerprint density at radius 2 is 0.473 bits per heavy atom. The Morgan fingerprint density at radius 1 is 0.280 bits per heavy atom. The van der Waals surface area contributed by atoms with Gasteiger partial charge in [-0.3, -0.25) is 0 Å². The smallest absolute Gasteiger partial charge is 0.394 e. The summed E-state index contributed by atoms with van der Waals surface area (Å²) < 4.78 is 439. The van der Waals surface area contributed by atoms with Crippen LogP contribution in [0.4, 0.5) is 114 Å². The largest absolute Gasteiger partial charge is 0.499 e. The van der Waals surface area contributed by atoms with Crippen LogP contribution in [0.15, 0.2) is 99.9 Å². The van der Waals surface area contributed by atoms with Crippen LogP contribution >= 0.6 is 47.0 Å². The summed E-state index contributed by atoms with van der Waals surface area (Å²) in [7, 11) is 0. The molecule has 4 aromatic carbocycles. The third-order valence-corrected chi connectivity index (χ3v) is 25.9. The highest BCUT2D eigenvalue weighted by Gasteiger charge is 2.53. The molecule has 50 heteroatoms. The van der Waals surface area contributed by atoms with Crippen molar-refractivity contribution in [2.75, 3.05) is 125 Å². The average Bonchev–Trinajstić information content (AvgIpc) is 0.766. The Morgan fingerprint density at radius 3 is 0.673 bits per heavy atom. The number of hydrogen-bond donors (Lipinski definition) is 4. The number of fused-ring (bicyclic) bond motifs is 8. The van der Waals surface area contributed by atoms with Gasteiger partial charge in [-0.2, -0.15) is 73.4 Å². The molecular weight excluding hydrogens is 2140 g/mol. The van der Waals surface area contributed by atoms with Crippen molar-refractivity contribution < 1.29 is 211 Å². The lowest BCUT2D eigenvalue weighted by molar-refractivity contribution is -0.208. The predicted molar refractivity (Wildman–Crippen MR) is 512 cm³/mol. The standard InChI is InChI=1S/C100H126F26O20S4/c1-7-135-45-77(127)49-139-81(131)53-143-85-69-33-65(17-11-25-147-29-15-21-91(105,106)59-97(117,118)63-99(121,122)123)35-71(85)42-73-37-67(19-13-27-149-31-23-93(109,110)61-95(113,114)57-89(5,101)102)39-75(87(73)145-55-83(133)141-51-79(129)47-137-9-3)44-76-40-68(20-14-28-150-32-24-94(111,112)62-96(115,116)58-90(6,103)104)38-74(88(76)146-56-84(134)142-52-80(130)48-138-10-4)43-72-36-66(34-70(41-69)86(72)144-54-82(132)140-50-78(128)46-136-8-2)18-12-26-148-30-16-22-92(107,108)60-98(119,120)64-100(124,125)126/h7-10,33-40,77-80,127-130H,1-4,11-32,41-64H2,5-6H3. The minimum absolute atomic E-state index is 0.0205. The zero-order valence-corrected chi connectivity index (χ0v) is 85.6. The molecule has 0 aliphatic heterocycles. The second kappa shape index (κ2) is 62.3. The van der Waals surface area contributed by atoms with Crippen molar-refractivity contribution >= 4 is 70.9 Å². The molecule has 0 radical (unpaired) electrons. The molecule has 0 aromatic heterocycles. The van der Waals surface area contributed by atoms with Crippen LogP contribution in [0.3, 0.4) is 0 Å². The van der Waals surface area contributed by atoms with Crippen molar-refractivity contribution in [1.82, 2.24) is 0 Å². The van der Waals surface area contributed by atoms with E-state index >= 15 is 35.1 Å². The number of carbonyl (C=O) groups is 4. The summed E-state index contributed by atoms with van der Waals surface area (Å²) in [4.78, 5) is 56.9. The Labute approximate surface area is 869 Å². The van der Waals surface area contributed by atoms with Gasteiger partial charge in [0.25, 0.3) is 59.2 Å². The van der Waals surface area contributed by atoms with Gasteiger partial charge in [-0.15, -0.1) is 0 Å². The maximum Gasteiger partial charge on any atom is 0.394 e. The fourth-order valence-corrected chi connectivity index (χ4v) is 19.5. The van der Waals surface area contributed by atoms with Crippen LogP contribution in [-0.2, 0) is 108 Å². The average molecular weight is 2270 g/mol. The number of esters is 4. The van der Waals surface area contributed by atoms with E-state index in [0.29, 0.717) is 22.3 Å². The van der Waals surface area contributed by atoms with Crippen molar-refractivity contribution in [1.29, 1.82) is 0 Å².